The molecule has 0 spiro atoms. The van der Waals surface area contributed by atoms with Gasteiger partial charge < -0.3 is 9.84 Å². The van der Waals surface area contributed by atoms with Crippen molar-refractivity contribution in [3.05, 3.63) is 64.5 Å². The van der Waals surface area contributed by atoms with Gasteiger partial charge in [0.15, 0.2) is 0 Å². The standard InChI is InChI=1S/C19H12ClF6N3O2/c20-14-5-4-12(9-13(14)19(24,25)26)27-15(30)6-7-16-28-17(29-31-16)10-2-1-3-11(8-10)18(21,22)23/h1-5,8-9H,6-7H2,(H,27,30). The number of carbonyl (C=O) groups is 1. The van der Waals surface area contributed by atoms with E-state index in [1.165, 1.54) is 18.2 Å². The maximum atomic E-state index is 12.9. The zero-order chi connectivity index (χ0) is 22.8. The summed E-state index contributed by atoms with van der Waals surface area (Å²) in [5.74, 6) is -0.738. The van der Waals surface area contributed by atoms with E-state index in [4.69, 9.17) is 16.1 Å². The zero-order valence-corrected chi connectivity index (χ0v) is 16.1. The Morgan fingerprint density at radius 2 is 1.77 bits per heavy atom. The van der Waals surface area contributed by atoms with E-state index in [-0.39, 0.29) is 35.8 Å². The van der Waals surface area contributed by atoms with Crippen LogP contribution in [0.5, 0.6) is 0 Å². The van der Waals surface area contributed by atoms with Gasteiger partial charge in [-0.25, -0.2) is 0 Å². The van der Waals surface area contributed by atoms with Crippen molar-refractivity contribution in [2.75, 3.05) is 5.32 Å². The normalized spacial score (nSPS) is 12.1. The van der Waals surface area contributed by atoms with Crippen LogP contribution in [0.1, 0.15) is 23.4 Å². The van der Waals surface area contributed by atoms with E-state index in [0.29, 0.717) is 6.07 Å². The monoisotopic (exact) mass is 463 g/mol. The van der Waals surface area contributed by atoms with E-state index in [9.17, 15) is 31.1 Å². The first-order chi connectivity index (χ1) is 14.4. The van der Waals surface area contributed by atoms with E-state index < -0.39 is 34.4 Å². The summed E-state index contributed by atoms with van der Waals surface area (Å²) in [5.41, 5.74) is -1.99. The van der Waals surface area contributed by atoms with Crippen LogP contribution in [0.15, 0.2) is 47.0 Å². The van der Waals surface area contributed by atoms with Crippen LogP contribution in [0, 0.1) is 0 Å². The first-order valence-electron chi connectivity index (χ1n) is 8.60. The minimum Gasteiger partial charge on any atom is -0.339 e. The van der Waals surface area contributed by atoms with Crippen LogP contribution in [-0.4, -0.2) is 16.0 Å². The highest BCUT2D eigenvalue weighted by atomic mass is 35.5. The highest BCUT2D eigenvalue weighted by Gasteiger charge is 2.33. The molecule has 0 fully saturated rings. The third-order valence-electron chi connectivity index (χ3n) is 4.04. The van der Waals surface area contributed by atoms with Crippen molar-refractivity contribution in [2.45, 2.75) is 25.2 Å². The number of halogens is 7. The molecule has 1 aromatic heterocycles. The van der Waals surface area contributed by atoms with Crippen LogP contribution >= 0.6 is 11.6 Å². The molecule has 0 radical (unpaired) electrons. The number of hydrogen-bond acceptors (Lipinski definition) is 4. The molecular weight excluding hydrogens is 452 g/mol. The fraction of sp³-hybridized carbons (Fsp3) is 0.211. The topological polar surface area (TPSA) is 68.0 Å². The zero-order valence-electron chi connectivity index (χ0n) is 15.3. The predicted octanol–water partition coefficient (Wildman–Crippen LogP) is 6.00. The van der Waals surface area contributed by atoms with Gasteiger partial charge in [-0.15, -0.1) is 0 Å². The van der Waals surface area contributed by atoms with Gasteiger partial charge in [0.25, 0.3) is 0 Å². The molecule has 0 atom stereocenters. The summed E-state index contributed by atoms with van der Waals surface area (Å²) in [4.78, 5) is 16.0. The Morgan fingerprint density at radius 3 is 2.45 bits per heavy atom. The summed E-state index contributed by atoms with van der Waals surface area (Å²) in [7, 11) is 0. The number of hydrogen-bond donors (Lipinski definition) is 1. The van der Waals surface area contributed by atoms with E-state index in [1.54, 1.807) is 0 Å². The number of benzene rings is 2. The number of nitrogens with zero attached hydrogens (tertiary/aromatic N) is 2. The molecule has 0 saturated carbocycles. The third-order valence-corrected chi connectivity index (χ3v) is 4.37. The number of anilines is 1. The van der Waals surface area contributed by atoms with Crippen molar-refractivity contribution in [3.8, 4) is 11.4 Å². The predicted molar refractivity (Wildman–Crippen MR) is 98.1 cm³/mol. The molecule has 5 nitrogen and oxygen atoms in total. The van der Waals surface area contributed by atoms with Crippen LogP contribution in [0.3, 0.4) is 0 Å². The first kappa shape index (κ1) is 22.6. The Morgan fingerprint density at radius 1 is 1.03 bits per heavy atom. The van der Waals surface area contributed by atoms with Gasteiger partial charge in [0, 0.05) is 24.1 Å². The third kappa shape index (κ3) is 5.75. The highest BCUT2D eigenvalue weighted by molar-refractivity contribution is 6.31. The number of nitrogens with one attached hydrogen (secondary N) is 1. The summed E-state index contributed by atoms with van der Waals surface area (Å²) >= 11 is 5.52. The Labute approximate surface area is 176 Å². The SMILES string of the molecule is O=C(CCc1nc(-c2cccc(C(F)(F)F)c2)no1)Nc1ccc(Cl)c(C(F)(F)F)c1. The number of amides is 1. The van der Waals surface area contributed by atoms with Crippen molar-refractivity contribution in [1.82, 2.24) is 10.1 Å². The smallest absolute Gasteiger partial charge is 0.339 e. The quantitative estimate of drug-likeness (QED) is 0.471. The lowest BCUT2D eigenvalue weighted by molar-refractivity contribution is -0.138. The van der Waals surface area contributed by atoms with Crippen LogP contribution in [-0.2, 0) is 23.6 Å². The molecule has 2 aromatic carbocycles. The number of rotatable bonds is 5. The van der Waals surface area contributed by atoms with Gasteiger partial charge in [0.05, 0.1) is 16.1 Å². The molecule has 12 heteroatoms. The van der Waals surface area contributed by atoms with E-state index in [0.717, 1.165) is 18.2 Å². The molecule has 0 saturated heterocycles. The van der Waals surface area contributed by atoms with E-state index in [1.807, 2.05) is 0 Å². The lowest BCUT2D eigenvalue weighted by atomic mass is 10.1. The van der Waals surface area contributed by atoms with Gasteiger partial charge >= 0.3 is 12.4 Å². The summed E-state index contributed by atoms with van der Waals surface area (Å²) in [6, 6.07) is 7.26. The molecule has 3 aromatic rings. The molecule has 0 aliphatic rings. The second-order valence-corrected chi connectivity index (χ2v) is 6.74. The van der Waals surface area contributed by atoms with Crippen LogP contribution in [0.25, 0.3) is 11.4 Å². The van der Waals surface area contributed by atoms with Gasteiger partial charge in [-0.3, -0.25) is 4.79 Å². The van der Waals surface area contributed by atoms with Crippen LogP contribution < -0.4 is 5.32 Å². The average molecular weight is 464 g/mol. The number of carbonyl (C=O) groups excluding carboxylic acids is 1. The summed E-state index contributed by atoms with van der Waals surface area (Å²) in [5, 5.41) is 5.40. The summed E-state index contributed by atoms with van der Waals surface area (Å²) < 4.78 is 82.0. The molecule has 3 rings (SSSR count). The highest BCUT2D eigenvalue weighted by Crippen LogP contribution is 2.36. The lowest BCUT2D eigenvalue weighted by Gasteiger charge is -2.11. The van der Waals surface area contributed by atoms with Crippen molar-refractivity contribution >= 4 is 23.2 Å². The molecule has 1 amide bonds. The van der Waals surface area contributed by atoms with E-state index in [2.05, 4.69) is 15.5 Å². The molecular formula is C19H12ClF6N3O2. The van der Waals surface area contributed by atoms with Gasteiger partial charge in [0.1, 0.15) is 0 Å². The first-order valence-corrected chi connectivity index (χ1v) is 8.98. The molecule has 0 aliphatic heterocycles. The molecule has 0 bridgehead atoms. The number of alkyl halides is 6. The van der Waals surface area contributed by atoms with Crippen molar-refractivity contribution < 1.29 is 35.7 Å². The van der Waals surface area contributed by atoms with Gasteiger partial charge in [0.2, 0.25) is 17.6 Å². The Hall–Kier alpha value is -3.08. The molecule has 31 heavy (non-hydrogen) atoms. The molecule has 1 N–H and O–H groups in total. The minimum absolute atomic E-state index is 0.0188. The Bertz CT molecular complexity index is 1090. The summed E-state index contributed by atoms with van der Waals surface area (Å²) in [6.07, 6.45) is -9.50. The second kappa shape index (κ2) is 8.58. The largest absolute Gasteiger partial charge is 0.417 e. The van der Waals surface area contributed by atoms with Crippen LogP contribution in [0.2, 0.25) is 5.02 Å². The Kier molecular flexibility index (Phi) is 6.25. The molecule has 1 heterocycles. The van der Waals surface area contributed by atoms with Crippen molar-refractivity contribution in [2.24, 2.45) is 0 Å². The minimum atomic E-state index is -4.68. The maximum Gasteiger partial charge on any atom is 0.417 e. The fourth-order valence-electron chi connectivity index (χ4n) is 2.57. The number of aromatic nitrogens is 2. The fourth-order valence-corrected chi connectivity index (χ4v) is 2.80. The maximum absolute atomic E-state index is 12.9. The molecule has 0 unspecified atom stereocenters. The van der Waals surface area contributed by atoms with Crippen molar-refractivity contribution in [3.63, 3.8) is 0 Å². The lowest BCUT2D eigenvalue weighted by Crippen LogP contribution is -2.14. The van der Waals surface area contributed by atoms with Crippen molar-refractivity contribution in [1.29, 1.82) is 0 Å². The van der Waals surface area contributed by atoms with Gasteiger partial charge in [-0.1, -0.05) is 28.9 Å². The van der Waals surface area contributed by atoms with Crippen LogP contribution in [0.4, 0.5) is 32.0 Å². The van der Waals surface area contributed by atoms with Gasteiger partial charge in [-0.2, -0.15) is 31.3 Å². The Balaban J connectivity index is 1.63. The average Bonchev–Trinajstić information content (AvgIpc) is 3.16. The van der Waals surface area contributed by atoms with Gasteiger partial charge in [-0.05, 0) is 30.3 Å². The summed E-state index contributed by atoms with van der Waals surface area (Å²) in [6.45, 7) is 0. The number of aryl methyl sites for hydroxylation is 1. The molecule has 0 aliphatic carbocycles. The second-order valence-electron chi connectivity index (χ2n) is 6.33. The molecule has 164 valence electrons. The van der Waals surface area contributed by atoms with E-state index >= 15 is 0 Å².